The van der Waals surface area contributed by atoms with Gasteiger partial charge in [0.15, 0.2) is 0 Å². The molecule has 2 atom stereocenters. The Morgan fingerprint density at radius 3 is 2.28 bits per heavy atom. The average molecular weight is 252 g/mol. The molecule has 0 radical (unpaired) electrons. The number of hydrogen-bond acceptors (Lipinski definition) is 3. The van der Waals surface area contributed by atoms with Gasteiger partial charge in [-0.25, -0.2) is 4.39 Å². The lowest BCUT2D eigenvalue weighted by molar-refractivity contribution is 0.0671. The van der Waals surface area contributed by atoms with E-state index in [-0.39, 0.29) is 18.0 Å². The van der Waals surface area contributed by atoms with Gasteiger partial charge >= 0.3 is 0 Å². The van der Waals surface area contributed by atoms with E-state index in [1.165, 1.54) is 6.07 Å². The predicted octanol–water partition coefficient (Wildman–Crippen LogP) is 1.72. The Hall–Kier alpha value is -1.13. The van der Waals surface area contributed by atoms with Crippen molar-refractivity contribution in [2.24, 2.45) is 0 Å². The van der Waals surface area contributed by atoms with E-state index in [2.05, 4.69) is 9.80 Å². The molecule has 1 fully saturated rings. The summed E-state index contributed by atoms with van der Waals surface area (Å²) in [5.74, 6) is -0.158. The van der Waals surface area contributed by atoms with Crippen LogP contribution < -0.4 is 4.90 Å². The fourth-order valence-electron chi connectivity index (χ4n) is 2.38. The molecule has 0 saturated carbocycles. The molecule has 1 aromatic carbocycles. The highest BCUT2D eigenvalue weighted by atomic mass is 19.1. The Kier molecular flexibility index (Phi) is 4.19. The smallest absolute Gasteiger partial charge is 0.146 e. The van der Waals surface area contributed by atoms with E-state index < -0.39 is 0 Å². The molecule has 0 spiro atoms. The zero-order valence-electron chi connectivity index (χ0n) is 11.0. The monoisotopic (exact) mass is 252 g/mol. The fraction of sp³-hybridized carbons (Fsp3) is 0.571. The van der Waals surface area contributed by atoms with Crippen LogP contribution in [0.3, 0.4) is 0 Å². The maximum absolute atomic E-state index is 13.7. The van der Waals surface area contributed by atoms with E-state index in [0.29, 0.717) is 5.69 Å². The summed E-state index contributed by atoms with van der Waals surface area (Å²) >= 11 is 0. The Bertz CT molecular complexity index is 389. The fourth-order valence-corrected chi connectivity index (χ4v) is 2.38. The number of piperazine rings is 1. The summed E-state index contributed by atoms with van der Waals surface area (Å²) in [6.07, 6.45) is -0.329. The third-order valence-corrected chi connectivity index (χ3v) is 3.78. The number of aliphatic hydroxyl groups is 1. The zero-order chi connectivity index (χ0) is 13.1. The van der Waals surface area contributed by atoms with Crippen LogP contribution in [0.15, 0.2) is 24.3 Å². The first-order valence-corrected chi connectivity index (χ1v) is 6.51. The van der Waals surface area contributed by atoms with Crippen LogP contribution >= 0.6 is 0 Å². The molecule has 0 aromatic heterocycles. The number of benzene rings is 1. The molecule has 1 aromatic rings. The van der Waals surface area contributed by atoms with Crippen molar-refractivity contribution in [3.8, 4) is 0 Å². The predicted molar refractivity (Wildman–Crippen MR) is 71.3 cm³/mol. The molecule has 0 amide bonds. The van der Waals surface area contributed by atoms with Gasteiger partial charge in [0.25, 0.3) is 0 Å². The van der Waals surface area contributed by atoms with Crippen molar-refractivity contribution in [1.82, 2.24) is 4.90 Å². The lowest BCUT2D eigenvalue weighted by Gasteiger charge is -2.40. The van der Waals surface area contributed by atoms with Crippen LogP contribution in [0.25, 0.3) is 0 Å². The molecule has 0 bridgehead atoms. The SMILES string of the molecule is CC(O)C(C)N1CCN(c2ccccc2F)CC1. The maximum Gasteiger partial charge on any atom is 0.146 e. The summed E-state index contributed by atoms with van der Waals surface area (Å²) < 4.78 is 13.7. The van der Waals surface area contributed by atoms with Crippen LogP contribution in [0.2, 0.25) is 0 Å². The van der Waals surface area contributed by atoms with E-state index in [1.54, 1.807) is 6.07 Å². The van der Waals surface area contributed by atoms with Crippen molar-refractivity contribution < 1.29 is 9.50 Å². The molecule has 100 valence electrons. The summed E-state index contributed by atoms with van der Waals surface area (Å²) in [5.41, 5.74) is 0.682. The van der Waals surface area contributed by atoms with E-state index in [4.69, 9.17) is 0 Å². The van der Waals surface area contributed by atoms with Gasteiger partial charge in [-0.15, -0.1) is 0 Å². The molecule has 18 heavy (non-hydrogen) atoms. The van der Waals surface area contributed by atoms with E-state index in [1.807, 2.05) is 26.0 Å². The summed E-state index contributed by atoms with van der Waals surface area (Å²) in [6, 6.07) is 7.06. The third-order valence-electron chi connectivity index (χ3n) is 3.78. The number of rotatable bonds is 3. The van der Waals surface area contributed by atoms with Crippen molar-refractivity contribution in [1.29, 1.82) is 0 Å². The van der Waals surface area contributed by atoms with E-state index in [0.717, 1.165) is 26.2 Å². The third kappa shape index (κ3) is 2.82. The van der Waals surface area contributed by atoms with Crippen molar-refractivity contribution in [2.75, 3.05) is 31.1 Å². The molecule has 1 aliphatic rings. The lowest BCUT2D eigenvalue weighted by atomic mass is 10.1. The minimum Gasteiger partial charge on any atom is -0.392 e. The van der Waals surface area contributed by atoms with Gasteiger partial charge in [-0.1, -0.05) is 12.1 Å². The molecule has 2 unspecified atom stereocenters. The second-order valence-electron chi connectivity index (χ2n) is 4.96. The van der Waals surface area contributed by atoms with Crippen LogP contribution in [0.4, 0.5) is 10.1 Å². The molecule has 1 saturated heterocycles. The summed E-state index contributed by atoms with van der Waals surface area (Å²) in [5, 5.41) is 9.58. The van der Waals surface area contributed by atoms with E-state index in [9.17, 15) is 9.50 Å². The molecule has 0 aliphatic carbocycles. The van der Waals surface area contributed by atoms with Crippen molar-refractivity contribution in [2.45, 2.75) is 26.0 Å². The number of halogens is 1. The van der Waals surface area contributed by atoms with Crippen LogP contribution in [-0.4, -0.2) is 48.3 Å². The van der Waals surface area contributed by atoms with Gasteiger partial charge in [0.2, 0.25) is 0 Å². The first kappa shape index (κ1) is 13.3. The second kappa shape index (κ2) is 5.67. The summed E-state index contributed by atoms with van der Waals surface area (Å²) in [7, 11) is 0. The largest absolute Gasteiger partial charge is 0.392 e. The average Bonchev–Trinajstić information content (AvgIpc) is 2.38. The number of nitrogens with zero attached hydrogens (tertiary/aromatic N) is 2. The van der Waals surface area contributed by atoms with Gasteiger partial charge in [-0.05, 0) is 26.0 Å². The first-order chi connectivity index (χ1) is 8.59. The second-order valence-corrected chi connectivity index (χ2v) is 4.96. The molecular weight excluding hydrogens is 231 g/mol. The molecule has 1 heterocycles. The number of hydrogen-bond donors (Lipinski definition) is 1. The van der Waals surface area contributed by atoms with Gasteiger partial charge < -0.3 is 10.0 Å². The highest BCUT2D eigenvalue weighted by Gasteiger charge is 2.24. The Morgan fingerprint density at radius 1 is 1.11 bits per heavy atom. The molecule has 1 N–H and O–H groups in total. The minimum absolute atomic E-state index is 0.158. The highest BCUT2D eigenvalue weighted by Crippen LogP contribution is 2.21. The quantitative estimate of drug-likeness (QED) is 0.887. The molecule has 3 nitrogen and oxygen atoms in total. The standard InChI is InChI=1S/C14H21FN2O/c1-11(12(2)18)16-7-9-17(10-8-16)14-6-4-3-5-13(14)15/h3-6,11-12,18H,7-10H2,1-2H3. The van der Waals surface area contributed by atoms with Crippen molar-refractivity contribution in [3.63, 3.8) is 0 Å². The molecule has 2 rings (SSSR count). The summed E-state index contributed by atoms with van der Waals surface area (Å²) in [6.45, 7) is 7.17. The van der Waals surface area contributed by atoms with Gasteiger partial charge in [0, 0.05) is 32.2 Å². The van der Waals surface area contributed by atoms with Crippen LogP contribution in [-0.2, 0) is 0 Å². The Labute approximate surface area is 108 Å². The van der Waals surface area contributed by atoms with Crippen molar-refractivity contribution >= 4 is 5.69 Å². The molecule has 1 aliphatic heterocycles. The van der Waals surface area contributed by atoms with Crippen LogP contribution in [0.1, 0.15) is 13.8 Å². The summed E-state index contributed by atoms with van der Waals surface area (Å²) in [4.78, 5) is 4.32. The Balaban J connectivity index is 1.97. The molecular formula is C14H21FN2O. The first-order valence-electron chi connectivity index (χ1n) is 6.51. The van der Waals surface area contributed by atoms with Crippen LogP contribution in [0, 0.1) is 5.82 Å². The van der Waals surface area contributed by atoms with E-state index >= 15 is 0 Å². The van der Waals surface area contributed by atoms with Crippen LogP contribution in [0.5, 0.6) is 0 Å². The minimum atomic E-state index is -0.329. The molecule has 4 heteroatoms. The normalized spacial score (nSPS) is 20.8. The maximum atomic E-state index is 13.7. The van der Waals surface area contributed by atoms with Gasteiger partial charge in [0.1, 0.15) is 5.82 Å². The number of aliphatic hydroxyl groups excluding tert-OH is 1. The van der Waals surface area contributed by atoms with Gasteiger partial charge in [0.05, 0.1) is 11.8 Å². The van der Waals surface area contributed by atoms with Crippen molar-refractivity contribution in [3.05, 3.63) is 30.1 Å². The number of anilines is 1. The highest BCUT2D eigenvalue weighted by molar-refractivity contribution is 5.47. The number of para-hydroxylation sites is 1. The van der Waals surface area contributed by atoms with Gasteiger partial charge in [-0.3, -0.25) is 4.90 Å². The lowest BCUT2D eigenvalue weighted by Crippen LogP contribution is -2.52. The topological polar surface area (TPSA) is 26.7 Å². The zero-order valence-corrected chi connectivity index (χ0v) is 11.0. The van der Waals surface area contributed by atoms with Gasteiger partial charge in [-0.2, -0.15) is 0 Å². The Morgan fingerprint density at radius 2 is 1.72 bits per heavy atom.